The first-order valence-corrected chi connectivity index (χ1v) is 6.12. The smallest absolute Gasteiger partial charge is 0.101 e. The third-order valence-corrected chi connectivity index (χ3v) is 3.31. The first-order chi connectivity index (χ1) is 7.70. The van der Waals surface area contributed by atoms with Crippen molar-refractivity contribution >= 4 is 21.6 Å². The summed E-state index contributed by atoms with van der Waals surface area (Å²) in [4.78, 5) is 2.08. The Morgan fingerprint density at radius 1 is 1.50 bits per heavy atom. The van der Waals surface area contributed by atoms with Crippen LogP contribution in [0.2, 0.25) is 0 Å². The molecule has 1 heterocycles. The summed E-state index contributed by atoms with van der Waals surface area (Å²) in [6.45, 7) is 1.52. The topological polar surface area (TPSA) is 47.3 Å². The summed E-state index contributed by atoms with van der Waals surface area (Å²) in [5.74, 6) is 0. The molecule has 1 unspecified atom stereocenters. The quantitative estimate of drug-likeness (QED) is 0.859. The molecule has 0 aliphatic carbocycles. The van der Waals surface area contributed by atoms with E-state index in [1.165, 1.54) is 0 Å². The summed E-state index contributed by atoms with van der Waals surface area (Å²) in [5, 5.41) is 18.7. The van der Waals surface area contributed by atoms with Crippen molar-refractivity contribution < 1.29 is 5.11 Å². The van der Waals surface area contributed by atoms with Crippen LogP contribution in [0.4, 0.5) is 5.69 Å². The van der Waals surface area contributed by atoms with Gasteiger partial charge in [0.05, 0.1) is 17.4 Å². The molecule has 1 saturated heterocycles. The number of rotatable bonds is 1. The molecule has 1 aliphatic rings. The highest BCUT2D eigenvalue weighted by atomic mass is 79.9. The standard InChI is InChI=1S/C12H13BrN2O/c13-10-4-3-9(7-14)12(6-10)15-5-1-2-11(16)8-15/h3-4,6,11,16H,1-2,5,8H2. The Morgan fingerprint density at radius 3 is 3.00 bits per heavy atom. The minimum atomic E-state index is -0.278. The number of β-amino-alcohol motifs (C(OH)–C–C–N with tert-alkyl or cyclic N) is 1. The average molecular weight is 281 g/mol. The van der Waals surface area contributed by atoms with Crippen molar-refractivity contribution in [2.45, 2.75) is 18.9 Å². The zero-order valence-corrected chi connectivity index (χ0v) is 10.4. The molecule has 16 heavy (non-hydrogen) atoms. The molecule has 1 aliphatic heterocycles. The van der Waals surface area contributed by atoms with E-state index >= 15 is 0 Å². The lowest BCUT2D eigenvalue weighted by atomic mass is 10.1. The Morgan fingerprint density at radius 2 is 2.31 bits per heavy atom. The first-order valence-electron chi connectivity index (χ1n) is 5.33. The summed E-state index contributed by atoms with van der Waals surface area (Å²) >= 11 is 3.41. The van der Waals surface area contributed by atoms with Gasteiger partial charge in [0.1, 0.15) is 6.07 Å². The number of hydrogen-bond acceptors (Lipinski definition) is 3. The molecule has 0 radical (unpaired) electrons. The fourth-order valence-electron chi connectivity index (χ4n) is 2.03. The number of aliphatic hydroxyl groups excluding tert-OH is 1. The summed E-state index contributed by atoms with van der Waals surface area (Å²) in [5.41, 5.74) is 1.58. The van der Waals surface area contributed by atoms with Gasteiger partial charge in [0, 0.05) is 17.6 Å². The van der Waals surface area contributed by atoms with E-state index in [-0.39, 0.29) is 6.10 Å². The van der Waals surface area contributed by atoms with E-state index in [0.29, 0.717) is 12.1 Å². The summed E-state index contributed by atoms with van der Waals surface area (Å²) in [6.07, 6.45) is 1.55. The van der Waals surface area contributed by atoms with E-state index < -0.39 is 0 Å². The molecule has 0 amide bonds. The Bertz CT molecular complexity index is 428. The van der Waals surface area contributed by atoms with E-state index in [2.05, 4.69) is 26.9 Å². The van der Waals surface area contributed by atoms with Gasteiger partial charge in [0.15, 0.2) is 0 Å². The van der Waals surface area contributed by atoms with Crippen molar-refractivity contribution in [3.8, 4) is 6.07 Å². The second kappa shape index (κ2) is 4.86. The maximum atomic E-state index is 9.64. The molecule has 1 atom stereocenters. The fourth-order valence-corrected chi connectivity index (χ4v) is 2.38. The first kappa shape index (κ1) is 11.4. The Hall–Kier alpha value is -1.05. The lowest BCUT2D eigenvalue weighted by molar-refractivity contribution is 0.154. The van der Waals surface area contributed by atoms with Crippen LogP contribution in [-0.2, 0) is 0 Å². The second-order valence-electron chi connectivity index (χ2n) is 4.02. The lowest BCUT2D eigenvalue weighted by Crippen LogP contribution is -2.38. The summed E-state index contributed by atoms with van der Waals surface area (Å²) in [6, 6.07) is 7.80. The Kier molecular flexibility index (Phi) is 3.47. The minimum Gasteiger partial charge on any atom is -0.391 e. The third kappa shape index (κ3) is 2.37. The normalized spacial score (nSPS) is 20.6. The summed E-state index contributed by atoms with van der Waals surface area (Å²) in [7, 11) is 0. The zero-order valence-electron chi connectivity index (χ0n) is 8.86. The fraction of sp³-hybridized carbons (Fsp3) is 0.417. The number of nitrogens with zero attached hydrogens (tertiary/aromatic N) is 2. The molecule has 0 aromatic heterocycles. The predicted molar refractivity (Wildman–Crippen MR) is 66.3 cm³/mol. The Labute approximate surface area is 103 Å². The molecule has 0 saturated carbocycles. The number of hydrogen-bond donors (Lipinski definition) is 1. The number of nitriles is 1. The van der Waals surface area contributed by atoms with E-state index in [1.54, 1.807) is 6.07 Å². The SMILES string of the molecule is N#Cc1ccc(Br)cc1N1CCCC(O)C1. The van der Waals surface area contributed by atoms with Crippen LogP contribution in [0.3, 0.4) is 0 Å². The van der Waals surface area contributed by atoms with Crippen LogP contribution in [0, 0.1) is 11.3 Å². The van der Waals surface area contributed by atoms with Crippen LogP contribution in [-0.4, -0.2) is 24.3 Å². The largest absolute Gasteiger partial charge is 0.391 e. The van der Waals surface area contributed by atoms with Gasteiger partial charge in [-0.25, -0.2) is 0 Å². The molecule has 0 bridgehead atoms. The van der Waals surface area contributed by atoms with Gasteiger partial charge in [0.2, 0.25) is 0 Å². The molecule has 4 heteroatoms. The van der Waals surface area contributed by atoms with E-state index in [4.69, 9.17) is 5.26 Å². The van der Waals surface area contributed by atoms with Crippen molar-refractivity contribution in [2.75, 3.05) is 18.0 Å². The van der Waals surface area contributed by atoms with Gasteiger partial charge in [-0.05, 0) is 31.0 Å². The average Bonchev–Trinajstić information content (AvgIpc) is 2.29. The van der Waals surface area contributed by atoms with Gasteiger partial charge in [0.25, 0.3) is 0 Å². The number of aliphatic hydroxyl groups is 1. The van der Waals surface area contributed by atoms with Gasteiger partial charge in [-0.2, -0.15) is 5.26 Å². The molecule has 2 rings (SSSR count). The number of piperidine rings is 1. The van der Waals surface area contributed by atoms with Gasteiger partial charge < -0.3 is 10.0 Å². The van der Waals surface area contributed by atoms with Crippen molar-refractivity contribution in [3.63, 3.8) is 0 Å². The molecule has 1 aromatic carbocycles. The highest BCUT2D eigenvalue weighted by Crippen LogP contribution is 2.27. The number of halogens is 1. The van der Waals surface area contributed by atoms with E-state index in [0.717, 1.165) is 29.5 Å². The monoisotopic (exact) mass is 280 g/mol. The van der Waals surface area contributed by atoms with Crippen molar-refractivity contribution in [1.82, 2.24) is 0 Å². The third-order valence-electron chi connectivity index (χ3n) is 2.82. The Balaban J connectivity index is 2.31. The van der Waals surface area contributed by atoms with Gasteiger partial charge in [-0.3, -0.25) is 0 Å². The highest BCUT2D eigenvalue weighted by Gasteiger charge is 2.20. The van der Waals surface area contributed by atoms with Crippen LogP contribution < -0.4 is 4.90 Å². The second-order valence-corrected chi connectivity index (χ2v) is 4.93. The zero-order chi connectivity index (χ0) is 11.5. The lowest BCUT2D eigenvalue weighted by Gasteiger charge is -2.32. The molecule has 1 aromatic rings. The van der Waals surface area contributed by atoms with Crippen molar-refractivity contribution in [3.05, 3.63) is 28.2 Å². The van der Waals surface area contributed by atoms with E-state index in [9.17, 15) is 5.11 Å². The summed E-state index contributed by atoms with van der Waals surface area (Å²) < 4.78 is 0.960. The molecular weight excluding hydrogens is 268 g/mol. The van der Waals surface area contributed by atoms with Crippen LogP contribution in [0.25, 0.3) is 0 Å². The minimum absolute atomic E-state index is 0.278. The molecule has 1 fully saturated rings. The van der Waals surface area contributed by atoms with Crippen LogP contribution >= 0.6 is 15.9 Å². The molecular formula is C12H13BrN2O. The van der Waals surface area contributed by atoms with Crippen LogP contribution in [0.1, 0.15) is 18.4 Å². The molecule has 3 nitrogen and oxygen atoms in total. The molecule has 1 N–H and O–H groups in total. The van der Waals surface area contributed by atoms with Gasteiger partial charge >= 0.3 is 0 Å². The van der Waals surface area contributed by atoms with Crippen LogP contribution in [0.5, 0.6) is 0 Å². The van der Waals surface area contributed by atoms with Crippen LogP contribution in [0.15, 0.2) is 22.7 Å². The molecule has 0 spiro atoms. The van der Waals surface area contributed by atoms with Gasteiger partial charge in [-0.1, -0.05) is 15.9 Å². The number of benzene rings is 1. The predicted octanol–water partition coefficient (Wildman–Crippen LogP) is 2.28. The van der Waals surface area contributed by atoms with Crippen molar-refractivity contribution in [2.24, 2.45) is 0 Å². The molecule has 84 valence electrons. The number of anilines is 1. The highest BCUT2D eigenvalue weighted by molar-refractivity contribution is 9.10. The maximum absolute atomic E-state index is 9.64. The van der Waals surface area contributed by atoms with E-state index in [1.807, 2.05) is 12.1 Å². The van der Waals surface area contributed by atoms with Crippen molar-refractivity contribution in [1.29, 1.82) is 5.26 Å². The maximum Gasteiger partial charge on any atom is 0.101 e. The van der Waals surface area contributed by atoms with Gasteiger partial charge in [-0.15, -0.1) is 0 Å².